The van der Waals surface area contributed by atoms with Gasteiger partial charge in [0, 0.05) is 31.0 Å². The summed E-state index contributed by atoms with van der Waals surface area (Å²) < 4.78 is 13.9. The Morgan fingerprint density at radius 3 is 2.71 bits per heavy atom. The molecule has 160 valence electrons. The van der Waals surface area contributed by atoms with Crippen LogP contribution in [0, 0.1) is 11.2 Å². The van der Waals surface area contributed by atoms with E-state index < -0.39 is 11.2 Å². The topological polar surface area (TPSA) is 72.1 Å². The summed E-state index contributed by atoms with van der Waals surface area (Å²) in [7, 11) is 0. The summed E-state index contributed by atoms with van der Waals surface area (Å²) in [5.74, 6) is -0.741. The molecule has 1 aliphatic rings. The van der Waals surface area contributed by atoms with E-state index in [9.17, 15) is 9.18 Å². The minimum Gasteiger partial charge on any atom is -0.369 e. The van der Waals surface area contributed by atoms with Gasteiger partial charge in [0.1, 0.15) is 12.1 Å². The number of benzene rings is 2. The molecule has 1 aromatic heterocycles. The lowest BCUT2D eigenvalue weighted by molar-refractivity contribution is -0.131. The zero-order valence-corrected chi connectivity index (χ0v) is 17.9. The fraction of sp³-hybridized carbons (Fsp3) is 0.292. The summed E-state index contributed by atoms with van der Waals surface area (Å²) in [6.45, 7) is 1.89. The summed E-state index contributed by atoms with van der Waals surface area (Å²) in [6.07, 6.45) is 7.12. The molecule has 0 spiro atoms. The van der Waals surface area contributed by atoms with E-state index >= 15 is 0 Å². The molecule has 2 aromatic carbocycles. The highest BCUT2D eigenvalue weighted by Crippen LogP contribution is 2.37. The quantitative estimate of drug-likeness (QED) is 0.624. The minimum absolute atomic E-state index is 0.107. The SMILES string of the molecule is NC(=O)[C@]1(Cc2ccccc2-c2cncnc2)CCCN(Cc2ccc(Cl)c(F)c2)C1. The van der Waals surface area contributed by atoms with Gasteiger partial charge in [0.05, 0.1) is 10.4 Å². The number of likely N-dealkylation sites (tertiary alicyclic amines) is 1. The molecule has 0 saturated carbocycles. The molecule has 1 amide bonds. The Balaban J connectivity index is 1.60. The number of halogens is 2. The predicted molar refractivity (Wildman–Crippen MR) is 119 cm³/mol. The predicted octanol–water partition coefficient (Wildman–Crippen LogP) is 4.25. The van der Waals surface area contributed by atoms with Gasteiger partial charge in [0.15, 0.2) is 0 Å². The van der Waals surface area contributed by atoms with Crippen LogP contribution < -0.4 is 5.73 Å². The zero-order chi connectivity index (χ0) is 21.8. The van der Waals surface area contributed by atoms with Gasteiger partial charge in [-0.05, 0) is 54.6 Å². The summed E-state index contributed by atoms with van der Waals surface area (Å²) in [5, 5.41) is 0.107. The Morgan fingerprint density at radius 2 is 1.97 bits per heavy atom. The highest BCUT2D eigenvalue weighted by molar-refractivity contribution is 6.30. The molecule has 4 rings (SSSR count). The van der Waals surface area contributed by atoms with Crippen molar-refractivity contribution in [2.75, 3.05) is 13.1 Å². The maximum Gasteiger partial charge on any atom is 0.225 e. The highest BCUT2D eigenvalue weighted by Gasteiger charge is 2.41. The number of nitrogens with two attached hydrogens (primary N) is 1. The van der Waals surface area contributed by atoms with Crippen molar-refractivity contribution in [3.63, 3.8) is 0 Å². The lowest BCUT2D eigenvalue weighted by Crippen LogP contribution is -2.51. The number of carbonyl (C=O) groups excluding carboxylic acids is 1. The number of primary amides is 1. The van der Waals surface area contributed by atoms with Crippen molar-refractivity contribution in [1.82, 2.24) is 14.9 Å². The summed E-state index contributed by atoms with van der Waals surface area (Å²) in [6, 6.07) is 12.8. The van der Waals surface area contributed by atoms with E-state index in [1.807, 2.05) is 30.3 Å². The van der Waals surface area contributed by atoms with Gasteiger partial charge in [-0.15, -0.1) is 0 Å². The molecule has 0 unspecified atom stereocenters. The van der Waals surface area contributed by atoms with Crippen LogP contribution in [0.25, 0.3) is 11.1 Å². The molecule has 31 heavy (non-hydrogen) atoms. The van der Waals surface area contributed by atoms with Gasteiger partial charge in [-0.3, -0.25) is 9.69 Å². The molecule has 5 nitrogen and oxygen atoms in total. The maximum absolute atomic E-state index is 13.9. The molecule has 1 atom stereocenters. The second kappa shape index (κ2) is 9.12. The van der Waals surface area contributed by atoms with Gasteiger partial charge in [-0.1, -0.05) is 41.9 Å². The molecule has 0 aliphatic carbocycles. The van der Waals surface area contributed by atoms with Crippen LogP contribution in [0.1, 0.15) is 24.0 Å². The van der Waals surface area contributed by atoms with Gasteiger partial charge in [-0.2, -0.15) is 0 Å². The van der Waals surface area contributed by atoms with E-state index in [2.05, 4.69) is 14.9 Å². The smallest absolute Gasteiger partial charge is 0.225 e. The molecule has 7 heteroatoms. The van der Waals surface area contributed by atoms with Gasteiger partial charge in [-0.25, -0.2) is 14.4 Å². The maximum atomic E-state index is 13.9. The van der Waals surface area contributed by atoms with Crippen molar-refractivity contribution in [1.29, 1.82) is 0 Å². The average Bonchev–Trinajstić information content (AvgIpc) is 2.77. The number of hydrogen-bond acceptors (Lipinski definition) is 4. The van der Waals surface area contributed by atoms with Crippen LogP contribution in [0.2, 0.25) is 5.02 Å². The van der Waals surface area contributed by atoms with Crippen LogP contribution in [0.5, 0.6) is 0 Å². The van der Waals surface area contributed by atoms with E-state index in [-0.39, 0.29) is 10.9 Å². The zero-order valence-electron chi connectivity index (χ0n) is 17.1. The third-order valence-corrected chi connectivity index (χ3v) is 6.29. The van der Waals surface area contributed by atoms with Crippen molar-refractivity contribution < 1.29 is 9.18 Å². The molecule has 1 aliphatic heterocycles. The Labute approximate surface area is 186 Å². The largest absolute Gasteiger partial charge is 0.369 e. The van der Waals surface area contributed by atoms with Crippen LogP contribution in [0.15, 0.2) is 61.2 Å². The van der Waals surface area contributed by atoms with E-state index in [0.717, 1.165) is 35.2 Å². The van der Waals surface area contributed by atoms with Gasteiger partial charge in [0.2, 0.25) is 5.91 Å². The van der Waals surface area contributed by atoms with E-state index in [4.69, 9.17) is 17.3 Å². The molecule has 3 aromatic rings. The first-order valence-corrected chi connectivity index (χ1v) is 10.6. The lowest BCUT2D eigenvalue weighted by atomic mass is 9.73. The van der Waals surface area contributed by atoms with Crippen LogP contribution >= 0.6 is 11.6 Å². The molecule has 1 fully saturated rings. The second-order valence-corrected chi connectivity index (χ2v) is 8.58. The Hall–Kier alpha value is -2.83. The first-order valence-electron chi connectivity index (χ1n) is 10.3. The number of amides is 1. The first kappa shape index (κ1) is 21.4. The minimum atomic E-state index is -0.699. The normalized spacial score (nSPS) is 19.3. The lowest BCUT2D eigenvalue weighted by Gasteiger charge is -2.41. The molecule has 1 saturated heterocycles. The fourth-order valence-corrected chi connectivity index (χ4v) is 4.57. The van der Waals surface area contributed by atoms with Crippen LogP contribution in [-0.4, -0.2) is 33.9 Å². The Morgan fingerprint density at radius 1 is 1.19 bits per heavy atom. The number of piperidine rings is 1. The summed E-state index contributed by atoms with van der Waals surface area (Å²) in [4.78, 5) is 23.1. The second-order valence-electron chi connectivity index (χ2n) is 8.17. The van der Waals surface area contributed by atoms with Gasteiger partial charge in [0.25, 0.3) is 0 Å². The van der Waals surface area contributed by atoms with Crippen molar-refractivity contribution in [3.8, 4) is 11.1 Å². The number of aromatic nitrogens is 2. The number of hydrogen-bond donors (Lipinski definition) is 1. The molecule has 0 radical (unpaired) electrons. The third kappa shape index (κ3) is 4.75. The van der Waals surface area contributed by atoms with Crippen LogP contribution in [-0.2, 0) is 17.8 Å². The van der Waals surface area contributed by atoms with E-state index in [0.29, 0.717) is 25.9 Å². The molecule has 0 bridgehead atoms. The van der Waals surface area contributed by atoms with Crippen molar-refractivity contribution in [3.05, 3.63) is 83.2 Å². The highest BCUT2D eigenvalue weighted by atomic mass is 35.5. The summed E-state index contributed by atoms with van der Waals surface area (Å²) in [5.41, 5.74) is 9.04. The number of rotatable bonds is 6. The van der Waals surface area contributed by atoms with E-state index in [1.165, 1.54) is 12.4 Å². The molecule has 2 heterocycles. The average molecular weight is 439 g/mol. The molecule has 2 N–H and O–H groups in total. The van der Waals surface area contributed by atoms with Gasteiger partial charge >= 0.3 is 0 Å². The fourth-order valence-electron chi connectivity index (χ4n) is 4.45. The summed E-state index contributed by atoms with van der Waals surface area (Å²) >= 11 is 5.81. The standard InChI is InChI=1S/C24H24ClFN4O/c25-21-7-6-17(10-22(21)26)14-30-9-3-8-24(15-30,23(27)31)11-18-4-1-2-5-20(18)19-12-28-16-29-13-19/h1-2,4-7,10,12-13,16H,3,8-9,11,14-15H2,(H2,27,31)/t24-/m0/s1. The molecular formula is C24H24ClFN4O. The Kier molecular flexibility index (Phi) is 6.30. The van der Waals surface area contributed by atoms with E-state index in [1.54, 1.807) is 18.5 Å². The first-order chi connectivity index (χ1) is 15.0. The van der Waals surface area contributed by atoms with Crippen molar-refractivity contribution >= 4 is 17.5 Å². The van der Waals surface area contributed by atoms with Crippen molar-refractivity contribution in [2.45, 2.75) is 25.8 Å². The number of nitrogens with zero attached hydrogens (tertiary/aromatic N) is 3. The van der Waals surface area contributed by atoms with Crippen LogP contribution in [0.3, 0.4) is 0 Å². The monoisotopic (exact) mass is 438 g/mol. The third-order valence-electron chi connectivity index (χ3n) is 5.99. The number of carbonyl (C=O) groups is 1. The van der Waals surface area contributed by atoms with Crippen molar-refractivity contribution in [2.24, 2.45) is 11.1 Å². The Bertz CT molecular complexity index is 1080. The van der Waals surface area contributed by atoms with Gasteiger partial charge < -0.3 is 5.73 Å². The molecular weight excluding hydrogens is 415 g/mol. The van der Waals surface area contributed by atoms with Crippen LogP contribution in [0.4, 0.5) is 4.39 Å².